The van der Waals surface area contributed by atoms with Gasteiger partial charge in [0.2, 0.25) is 5.91 Å². The lowest BCUT2D eigenvalue weighted by atomic mass is 10.1. The molecule has 0 bridgehead atoms. The summed E-state index contributed by atoms with van der Waals surface area (Å²) in [7, 11) is 0. The minimum atomic E-state index is -0.185. The number of carbonyl (C=O) groups excluding carboxylic acids is 1. The topological polar surface area (TPSA) is 51.0 Å². The summed E-state index contributed by atoms with van der Waals surface area (Å²) in [5.41, 5.74) is 3.37. The van der Waals surface area contributed by atoms with E-state index in [1.165, 1.54) is 23.5 Å². The Morgan fingerprint density at radius 3 is 2.54 bits per heavy atom. The van der Waals surface area contributed by atoms with E-state index in [4.69, 9.17) is 0 Å². The van der Waals surface area contributed by atoms with Crippen LogP contribution in [0.25, 0.3) is 0 Å². The van der Waals surface area contributed by atoms with Crippen LogP contribution in [0.15, 0.2) is 37.2 Å². The van der Waals surface area contributed by atoms with Gasteiger partial charge in [0.05, 0.1) is 12.1 Å². The van der Waals surface area contributed by atoms with Crippen molar-refractivity contribution < 1.29 is 4.79 Å². The average molecular weight is 326 g/mol. The van der Waals surface area contributed by atoms with E-state index in [9.17, 15) is 4.79 Å². The Balaban J connectivity index is 2.27. The Hall–Kier alpha value is -2.43. The van der Waals surface area contributed by atoms with Crippen LogP contribution >= 0.6 is 0 Å². The zero-order valence-corrected chi connectivity index (χ0v) is 15.2. The molecule has 0 saturated carbocycles. The Morgan fingerprint density at radius 2 is 1.96 bits per heavy atom. The van der Waals surface area contributed by atoms with Crippen LogP contribution in [0.4, 0.5) is 0 Å². The lowest BCUT2D eigenvalue weighted by molar-refractivity contribution is -0.127. The van der Waals surface area contributed by atoms with Crippen molar-refractivity contribution in [3.05, 3.63) is 59.7 Å². The Morgan fingerprint density at radius 1 is 1.25 bits per heavy atom. The van der Waals surface area contributed by atoms with E-state index in [0.717, 1.165) is 11.4 Å². The van der Waals surface area contributed by atoms with Crippen molar-refractivity contribution in [3.63, 3.8) is 0 Å². The molecule has 1 aromatic carbocycles. The highest BCUT2D eigenvalue weighted by atomic mass is 16.2. The first kappa shape index (κ1) is 17.9. The highest BCUT2D eigenvalue weighted by molar-refractivity contribution is 5.86. The van der Waals surface area contributed by atoms with Gasteiger partial charge in [0.15, 0.2) is 0 Å². The molecule has 24 heavy (non-hydrogen) atoms. The highest BCUT2D eigenvalue weighted by Crippen LogP contribution is 2.17. The van der Waals surface area contributed by atoms with Crippen LogP contribution in [0, 0.1) is 13.8 Å². The fourth-order valence-corrected chi connectivity index (χ4v) is 2.57. The van der Waals surface area contributed by atoms with E-state index in [2.05, 4.69) is 69.5 Å². The fraction of sp³-hybridized carbons (Fsp3) is 0.421. The molecule has 0 spiro atoms. The molecule has 0 aliphatic rings. The molecular formula is C19H26N4O. The third-order valence-electron chi connectivity index (χ3n) is 4.02. The third-order valence-corrected chi connectivity index (χ3v) is 4.02. The minimum Gasteiger partial charge on any atom is -0.327 e. The first-order chi connectivity index (χ1) is 11.2. The van der Waals surface area contributed by atoms with E-state index < -0.39 is 0 Å². The zero-order valence-electron chi connectivity index (χ0n) is 15.2. The number of carbonyl (C=O) groups is 1. The number of amides is 1. The molecule has 0 atom stereocenters. The number of hydrogen-bond acceptors (Lipinski definition) is 3. The Bertz CT molecular complexity index is 740. The van der Waals surface area contributed by atoms with Gasteiger partial charge in [-0.15, -0.1) is 0 Å². The SMILES string of the molecule is C=CC(=O)N(Cc1ccc(C)c(C)c1)Cc1ncnn1C(C)(C)C. The smallest absolute Gasteiger partial charge is 0.246 e. The molecule has 2 rings (SSSR count). The molecular weight excluding hydrogens is 300 g/mol. The zero-order chi connectivity index (χ0) is 17.9. The van der Waals surface area contributed by atoms with Gasteiger partial charge in [-0.2, -0.15) is 5.10 Å². The van der Waals surface area contributed by atoms with E-state index in [0.29, 0.717) is 13.1 Å². The highest BCUT2D eigenvalue weighted by Gasteiger charge is 2.21. The van der Waals surface area contributed by atoms with Gasteiger partial charge in [-0.25, -0.2) is 9.67 Å². The molecule has 1 aromatic heterocycles. The first-order valence-corrected chi connectivity index (χ1v) is 8.09. The van der Waals surface area contributed by atoms with Crippen molar-refractivity contribution in [1.29, 1.82) is 0 Å². The number of hydrogen-bond donors (Lipinski definition) is 0. The maximum Gasteiger partial charge on any atom is 0.246 e. The van der Waals surface area contributed by atoms with E-state index >= 15 is 0 Å². The summed E-state index contributed by atoms with van der Waals surface area (Å²) in [4.78, 5) is 18.4. The number of aryl methyl sites for hydroxylation is 2. The van der Waals surface area contributed by atoms with Gasteiger partial charge in [0.1, 0.15) is 12.2 Å². The number of benzene rings is 1. The lowest BCUT2D eigenvalue weighted by Gasteiger charge is -2.25. The predicted octanol–water partition coefficient (Wildman–Crippen LogP) is 3.36. The van der Waals surface area contributed by atoms with Crippen molar-refractivity contribution >= 4 is 5.91 Å². The summed E-state index contributed by atoms with van der Waals surface area (Å²) in [6.45, 7) is 14.9. The summed E-state index contributed by atoms with van der Waals surface area (Å²) in [5, 5.41) is 4.30. The quantitative estimate of drug-likeness (QED) is 0.792. The molecule has 0 aliphatic heterocycles. The number of rotatable bonds is 5. The molecule has 2 aromatic rings. The molecule has 128 valence electrons. The second kappa shape index (κ2) is 6.99. The van der Waals surface area contributed by atoms with Gasteiger partial charge < -0.3 is 4.90 Å². The summed E-state index contributed by atoms with van der Waals surface area (Å²) < 4.78 is 1.86. The van der Waals surface area contributed by atoms with Gasteiger partial charge in [-0.1, -0.05) is 24.8 Å². The average Bonchev–Trinajstić information content (AvgIpc) is 2.98. The molecule has 0 fully saturated rings. The molecule has 5 nitrogen and oxygen atoms in total. The van der Waals surface area contributed by atoms with Gasteiger partial charge in [-0.05, 0) is 57.4 Å². The summed E-state index contributed by atoms with van der Waals surface area (Å²) in [5.74, 6) is 0.651. The molecule has 0 radical (unpaired) electrons. The standard InChI is InChI=1S/C19H26N4O/c1-7-18(24)22(11-16-9-8-14(2)15(3)10-16)12-17-20-13-21-23(17)19(4,5)6/h7-10,13H,1,11-12H2,2-6H3. The van der Waals surface area contributed by atoms with Crippen LogP contribution in [0.5, 0.6) is 0 Å². The number of aromatic nitrogens is 3. The summed E-state index contributed by atoms with van der Waals surface area (Å²) >= 11 is 0. The molecule has 1 amide bonds. The van der Waals surface area contributed by atoms with Crippen molar-refractivity contribution in [2.24, 2.45) is 0 Å². The van der Waals surface area contributed by atoms with Crippen molar-refractivity contribution in [2.45, 2.75) is 53.2 Å². The van der Waals surface area contributed by atoms with Crippen LogP contribution in [0.2, 0.25) is 0 Å². The molecule has 0 aliphatic carbocycles. The fourth-order valence-electron chi connectivity index (χ4n) is 2.57. The molecule has 0 saturated heterocycles. The molecule has 5 heteroatoms. The maximum absolute atomic E-state index is 12.3. The molecule has 0 N–H and O–H groups in total. The second-order valence-corrected chi connectivity index (χ2v) is 7.08. The van der Waals surface area contributed by atoms with Crippen molar-refractivity contribution in [2.75, 3.05) is 0 Å². The van der Waals surface area contributed by atoms with Crippen molar-refractivity contribution in [1.82, 2.24) is 19.7 Å². The largest absolute Gasteiger partial charge is 0.327 e. The monoisotopic (exact) mass is 326 g/mol. The van der Waals surface area contributed by atoms with Gasteiger partial charge in [0.25, 0.3) is 0 Å². The predicted molar refractivity (Wildman–Crippen MR) is 95.4 cm³/mol. The maximum atomic E-state index is 12.3. The van der Waals surface area contributed by atoms with Crippen molar-refractivity contribution in [3.8, 4) is 0 Å². The lowest BCUT2D eigenvalue weighted by Crippen LogP contribution is -2.33. The normalized spacial score (nSPS) is 11.4. The van der Waals surface area contributed by atoms with E-state index in [1.54, 1.807) is 4.90 Å². The van der Waals surface area contributed by atoms with E-state index in [-0.39, 0.29) is 11.4 Å². The van der Waals surface area contributed by atoms with Crippen LogP contribution in [-0.4, -0.2) is 25.6 Å². The summed E-state index contributed by atoms with van der Waals surface area (Å²) in [6.07, 6.45) is 2.88. The van der Waals surface area contributed by atoms with Gasteiger partial charge in [-0.3, -0.25) is 4.79 Å². The van der Waals surface area contributed by atoms with Crippen LogP contribution in [0.1, 0.15) is 43.3 Å². The second-order valence-electron chi connectivity index (χ2n) is 7.08. The third kappa shape index (κ3) is 4.10. The number of nitrogens with zero attached hydrogens (tertiary/aromatic N) is 4. The summed E-state index contributed by atoms with van der Waals surface area (Å²) in [6, 6.07) is 6.26. The Kier molecular flexibility index (Phi) is 5.22. The van der Waals surface area contributed by atoms with Crippen LogP contribution < -0.4 is 0 Å². The van der Waals surface area contributed by atoms with Gasteiger partial charge >= 0.3 is 0 Å². The molecule has 1 heterocycles. The van der Waals surface area contributed by atoms with Gasteiger partial charge in [0, 0.05) is 6.54 Å². The van der Waals surface area contributed by atoms with Crippen LogP contribution in [0.3, 0.4) is 0 Å². The van der Waals surface area contributed by atoms with E-state index in [1.807, 2.05) is 4.68 Å². The minimum absolute atomic E-state index is 0.114. The molecule has 0 unspecified atom stereocenters. The Labute approximate surface area is 144 Å². The van der Waals surface area contributed by atoms with Crippen LogP contribution in [-0.2, 0) is 23.4 Å². The first-order valence-electron chi connectivity index (χ1n) is 8.09.